The van der Waals surface area contributed by atoms with Crippen LogP contribution in [0.2, 0.25) is 0 Å². The minimum absolute atomic E-state index is 0.0138. The number of carbonyl (C=O) groups is 4. The first-order chi connectivity index (χ1) is 29.7. The van der Waals surface area contributed by atoms with Gasteiger partial charge in [0.2, 0.25) is 31.0 Å². The van der Waals surface area contributed by atoms with Gasteiger partial charge in [-0.15, -0.1) is 0 Å². The van der Waals surface area contributed by atoms with Crippen LogP contribution < -0.4 is 10.6 Å². The molecule has 1 unspecified atom stereocenters. The summed E-state index contributed by atoms with van der Waals surface area (Å²) in [6.07, 6.45) is -0.227. The molecule has 0 saturated carbocycles. The number of azide groups is 1. The molecule has 1 aromatic rings. The van der Waals surface area contributed by atoms with Crippen molar-refractivity contribution in [1.29, 1.82) is 0 Å². The van der Waals surface area contributed by atoms with Gasteiger partial charge in [0.05, 0.1) is 49.8 Å². The van der Waals surface area contributed by atoms with Crippen LogP contribution in [0, 0.1) is 23.7 Å². The van der Waals surface area contributed by atoms with E-state index in [1.54, 1.807) is 55.1 Å². The van der Waals surface area contributed by atoms with Crippen molar-refractivity contribution < 1.29 is 42.8 Å². The Bertz CT molecular complexity index is 1720. The monoisotopic (exact) mass is 906 g/mol. The molecule has 0 radical (unpaired) electrons. The van der Waals surface area contributed by atoms with Gasteiger partial charge in [0.25, 0.3) is 0 Å². The Hall–Kier alpha value is -4.05. The zero-order valence-corrected chi connectivity index (χ0v) is 40.6. The Morgan fingerprint density at radius 3 is 2.25 bits per heavy atom. The first-order valence-corrected chi connectivity index (χ1v) is 24.0. The van der Waals surface area contributed by atoms with Gasteiger partial charge >= 0.3 is 0 Å². The normalized spacial score (nSPS) is 18.6. The molecule has 0 aromatic heterocycles. The fourth-order valence-corrected chi connectivity index (χ4v) is 9.81. The molecular formula is C44H76N9O9P. The summed E-state index contributed by atoms with van der Waals surface area (Å²) in [5.41, 5.74) is 9.07. The number of likely N-dealkylation sites (tertiary alicyclic amines) is 1. The third kappa shape index (κ3) is 16.8. The summed E-state index contributed by atoms with van der Waals surface area (Å²) in [6, 6.07) is 7.34. The van der Waals surface area contributed by atoms with E-state index in [1.165, 1.54) is 7.11 Å². The molecule has 9 atom stereocenters. The third-order valence-corrected chi connectivity index (χ3v) is 13.8. The van der Waals surface area contributed by atoms with Crippen LogP contribution in [-0.4, -0.2) is 160 Å². The van der Waals surface area contributed by atoms with Gasteiger partial charge in [-0.25, -0.2) is 0 Å². The molecule has 0 spiro atoms. The fourth-order valence-electron chi connectivity index (χ4n) is 8.24. The lowest BCUT2D eigenvalue weighted by molar-refractivity contribution is -0.146. The molecule has 1 saturated heterocycles. The lowest BCUT2D eigenvalue weighted by Gasteiger charge is -2.40. The van der Waals surface area contributed by atoms with Crippen molar-refractivity contribution in [3.63, 3.8) is 0 Å². The number of amides is 4. The molecule has 19 heteroatoms. The van der Waals surface area contributed by atoms with Gasteiger partial charge in [-0.2, -0.15) is 0 Å². The minimum atomic E-state index is -4.36. The number of amidine groups is 1. The highest BCUT2D eigenvalue weighted by atomic mass is 31.2. The van der Waals surface area contributed by atoms with E-state index in [0.717, 1.165) is 12.3 Å². The third-order valence-electron chi connectivity index (χ3n) is 11.8. The molecule has 1 aliphatic heterocycles. The summed E-state index contributed by atoms with van der Waals surface area (Å²) in [4.78, 5) is 80.0. The van der Waals surface area contributed by atoms with Gasteiger partial charge in [0, 0.05) is 72.2 Å². The summed E-state index contributed by atoms with van der Waals surface area (Å²) in [5, 5.41) is 8.72. The quantitative estimate of drug-likeness (QED) is 0.0205. The number of hydrogen-bond acceptors (Lipinski definition) is 10. The fraction of sp³-hybridized carbons (Fsp3) is 0.750. The van der Waals surface area contributed by atoms with Crippen LogP contribution in [0.25, 0.3) is 10.4 Å². The van der Waals surface area contributed by atoms with Crippen LogP contribution in [0.1, 0.15) is 79.7 Å². The van der Waals surface area contributed by atoms with Crippen LogP contribution >= 0.6 is 7.37 Å². The SMILES string of the molecule is CC[C@H](C)[C@@H]([C@@H](CC(=O)N1CCC[C@H]1[C@H](OC)[C@@H](C)C(=O)N[C@@H](Cc1ccccc1)P(=O)(O)CC(=O)NCCOCCN=[N+]=[N-])OC)N(C)C(=O)[C@@H](/N=C(\C(C)C)N(C)C)C(C)C. The summed E-state index contributed by atoms with van der Waals surface area (Å²) >= 11 is 0. The molecule has 0 bridgehead atoms. The number of nitrogens with one attached hydrogen (secondary N) is 2. The molecular weight excluding hydrogens is 830 g/mol. The Morgan fingerprint density at radius 2 is 1.70 bits per heavy atom. The highest BCUT2D eigenvalue weighted by Crippen LogP contribution is 2.46. The van der Waals surface area contributed by atoms with Crippen LogP contribution in [0.5, 0.6) is 0 Å². The topological polar surface area (TPSA) is 228 Å². The number of hydrogen-bond donors (Lipinski definition) is 3. The van der Waals surface area contributed by atoms with Crippen molar-refractivity contribution >= 4 is 36.8 Å². The Morgan fingerprint density at radius 1 is 1.03 bits per heavy atom. The molecule has 1 heterocycles. The van der Waals surface area contributed by atoms with Crippen molar-refractivity contribution in [2.24, 2.45) is 33.8 Å². The highest BCUT2D eigenvalue weighted by Gasteiger charge is 2.44. The molecule has 0 aliphatic carbocycles. The molecule has 2 rings (SSSR count). The molecule has 63 heavy (non-hydrogen) atoms. The number of rotatable bonds is 27. The Labute approximate surface area is 375 Å². The maximum Gasteiger partial charge on any atom is 0.247 e. The molecule has 4 amide bonds. The van der Waals surface area contributed by atoms with Gasteiger partial charge in [0.15, 0.2) is 0 Å². The maximum atomic E-state index is 14.4. The largest absolute Gasteiger partial charge is 0.379 e. The molecule has 1 fully saturated rings. The van der Waals surface area contributed by atoms with E-state index in [2.05, 4.69) is 20.7 Å². The average Bonchev–Trinajstić information content (AvgIpc) is 3.72. The molecule has 1 aliphatic rings. The standard InChI is InChI=1S/C44H76N9O9P/c1-13-31(6)40(52(10)44(57)39(29(2)3)49-42(30(4)5)51(8)9)35(60-11)27-38(55)53-23-17-20-34(53)41(61-12)32(7)43(56)48-37(26-33-18-15-14-16-19-33)63(58,59)28-36(54)46-21-24-62-25-22-47-50-45/h14-16,18-19,29-32,34-35,37,39-41H,13,17,20-28H2,1-12H3,(H,46,54)(H,48,56)(H,58,59)/b49-42+/t31-,32+,34-,35+,37+,39-,40-,41+/m0/s1. The first kappa shape index (κ1) is 55.1. The van der Waals surface area contributed by atoms with Crippen LogP contribution in [0.4, 0.5) is 0 Å². The van der Waals surface area contributed by atoms with Crippen LogP contribution in [-0.2, 0) is 44.4 Å². The number of benzene rings is 1. The molecule has 356 valence electrons. The average molecular weight is 906 g/mol. The Kier molecular flexibility index (Phi) is 23.9. The number of methoxy groups -OCH3 is 2. The lowest BCUT2D eigenvalue weighted by Crippen LogP contribution is -2.55. The Balaban J connectivity index is 2.31. The van der Waals surface area contributed by atoms with E-state index in [0.29, 0.717) is 24.9 Å². The van der Waals surface area contributed by atoms with E-state index in [-0.39, 0.29) is 68.7 Å². The van der Waals surface area contributed by atoms with Gasteiger partial charge in [0.1, 0.15) is 23.8 Å². The minimum Gasteiger partial charge on any atom is -0.379 e. The van der Waals surface area contributed by atoms with Crippen LogP contribution in [0.3, 0.4) is 0 Å². The van der Waals surface area contributed by atoms with Crippen molar-refractivity contribution in [3.8, 4) is 0 Å². The van der Waals surface area contributed by atoms with E-state index >= 15 is 0 Å². The van der Waals surface area contributed by atoms with Gasteiger partial charge in [-0.05, 0) is 35.8 Å². The summed E-state index contributed by atoms with van der Waals surface area (Å²) in [7, 11) is 4.28. The van der Waals surface area contributed by atoms with Crippen LogP contribution in [0.15, 0.2) is 40.4 Å². The van der Waals surface area contributed by atoms with Gasteiger partial charge in [-0.3, -0.25) is 28.7 Å². The van der Waals surface area contributed by atoms with Gasteiger partial charge in [-0.1, -0.05) is 90.3 Å². The molecule has 1 aromatic carbocycles. The predicted octanol–water partition coefficient (Wildman–Crippen LogP) is 4.95. The summed E-state index contributed by atoms with van der Waals surface area (Å²) < 4.78 is 31.2. The van der Waals surface area contributed by atoms with Crippen molar-refractivity contribution in [2.75, 3.05) is 74.4 Å². The van der Waals surface area contributed by atoms with E-state index in [9.17, 15) is 28.6 Å². The smallest absolute Gasteiger partial charge is 0.247 e. The first-order valence-electron chi connectivity index (χ1n) is 22.1. The molecule has 18 nitrogen and oxygen atoms in total. The number of ether oxygens (including phenoxy) is 3. The number of aliphatic imine (C=N–C) groups is 1. The summed E-state index contributed by atoms with van der Waals surface area (Å²) in [5.74, 6) is -2.94. The summed E-state index contributed by atoms with van der Waals surface area (Å²) in [6.45, 7) is 14.7. The number of carbonyl (C=O) groups excluding carboxylic acids is 4. The zero-order valence-electron chi connectivity index (χ0n) is 39.7. The van der Waals surface area contributed by atoms with E-state index < -0.39 is 67.4 Å². The zero-order chi connectivity index (χ0) is 47.4. The lowest BCUT2D eigenvalue weighted by atomic mass is 9.89. The molecule has 3 N–H and O–H groups in total. The van der Waals surface area contributed by atoms with Gasteiger partial charge < -0.3 is 44.4 Å². The van der Waals surface area contributed by atoms with Crippen molar-refractivity contribution in [1.82, 2.24) is 25.3 Å². The second-order valence-electron chi connectivity index (χ2n) is 17.4. The number of likely N-dealkylation sites (N-methyl/N-ethyl adjacent to an activating group) is 1. The van der Waals surface area contributed by atoms with E-state index in [4.69, 9.17) is 24.7 Å². The second-order valence-corrected chi connectivity index (χ2v) is 19.8. The number of nitrogens with zero attached hydrogens (tertiary/aromatic N) is 7. The highest BCUT2D eigenvalue weighted by molar-refractivity contribution is 7.59. The second kappa shape index (κ2) is 27.3. The van der Waals surface area contributed by atoms with Crippen molar-refractivity contribution in [3.05, 3.63) is 46.3 Å². The van der Waals surface area contributed by atoms with Crippen molar-refractivity contribution in [2.45, 2.75) is 117 Å². The predicted molar refractivity (Wildman–Crippen MR) is 245 cm³/mol. The maximum absolute atomic E-state index is 14.4. The van der Waals surface area contributed by atoms with E-state index in [1.807, 2.05) is 66.6 Å².